The molecular weight excluding hydrogens is 178 g/mol. The molecule has 1 aliphatic carbocycles. The van der Waals surface area contributed by atoms with E-state index in [9.17, 15) is 0 Å². The summed E-state index contributed by atoms with van der Waals surface area (Å²) in [6.07, 6.45) is 1.51. The van der Waals surface area contributed by atoms with E-state index >= 15 is 0 Å². The number of hydrogen-bond donors (Lipinski definition) is 0. The van der Waals surface area contributed by atoms with Gasteiger partial charge in [-0.3, -0.25) is 0 Å². The highest BCUT2D eigenvalue weighted by Crippen LogP contribution is 2.62. The first kappa shape index (κ1) is 5.14. The Hall–Kier alpha value is 0.440. The van der Waals surface area contributed by atoms with Crippen LogP contribution in [-0.4, -0.2) is 35.0 Å². The van der Waals surface area contributed by atoms with Crippen molar-refractivity contribution in [2.24, 2.45) is 5.92 Å². The van der Waals surface area contributed by atoms with Crippen molar-refractivity contribution in [3.63, 3.8) is 0 Å². The molecule has 1 nitrogen and oxygen atoms in total. The first-order chi connectivity index (χ1) is 4.23. The van der Waals surface area contributed by atoms with Crippen LogP contribution in [0.15, 0.2) is 0 Å². The molecule has 3 saturated heterocycles. The Balaban J connectivity index is 2.10. The Morgan fingerprint density at radius 2 is 2.33 bits per heavy atom. The van der Waals surface area contributed by atoms with E-state index < -0.39 is 0 Å². The lowest BCUT2D eigenvalue weighted by Gasteiger charge is -2.03. The van der Waals surface area contributed by atoms with E-state index in [-0.39, 0.29) is 0 Å². The zero-order valence-electron chi connectivity index (χ0n) is 5.55. The molecule has 4 aliphatic rings. The van der Waals surface area contributed by atoms with Crippen LogP contribution in [0.4, 0.5) is 0 Å². The van der Waals surface area contributed by atoms with Crippen molar-refractivity contribution < 1.29 is 4.48 Å². The molecule has 4 rings (SSSR count). The summed E-state index contributed by atoms with van der Waals surface area (Å²) >= 11 is 3.77. The Morgan fingerprint density at radius 1 is 1.56 bits per heavy atom. The van der Waals surface area contributed by atoms with Crippen LogP contribution in [-0.2, 0) is 0 Å². The van der Waals surface area contributed by atoms with Crippen LogP contribution in [0.1, 0.15) is 6.42 Å². The molecular formula is C7H11BrN+. The summed E-state index contributed by atoms with van der Waals surface area (Å²) in [5.74, 6) is 1.03. The summed E-state index contributed by atoms with van der Waals surface area (Å²) in [4.78, 5) is 0.882. The second-order valence-electron chi connectivity index (χ2n) is 4.03. The number of nitrogens with zero attached hydrogens (tertiary/aromatic N) is 1. The molecule has 0 radical (unpaired) electrons. The van der Waals surface area contributed by atoms with Crippen molar-refractivity contribution in [3.05, 3.63) is 0 Å². The van der Waals surface area contributed by atoms with E-state index in [2.05, 4.69) is 23.0 Å². The minimum absolute atomic E-state index is 0.882. The molecule has 4 bridgehead atoms. The monoisotopic (exact) mass is 188 g/mol. The summed E-state index contributed by atoms with van der Waals surface area (Å²) in [5.41, 5.74) is 0. The van der Waals surface area contributed by atoms with Crippen LogP contribution < -0.4 is 0 Å². The minimum Gasteiger partial charge on any atom is -0.310 e. The molecule has 50 valence electrons. The van der Waals surface area contributed by atoms with E-state index in [1.165, 1.54) is 17.4 Å². The third-order valence-electron chi connectivity index (χ3n) is 3.69. The third kappa shape index (κ3) is 0.354. The topological polar surface area (TPSA) is 0 Å². The van der Waals surface area contributed by atoms with Crippen LogP contribution in [0, 0.1) is 5.92 Å². The van der Waals surface area contributed by atoms with Crippen molar-refractivity contribution in [3.8, 4) is 0 Å². The van der Waals surface area contributed by atoms with Gasteiger partial charge in [0.25, 0.3) is 0 Å². The first-order valence-corrected chi connectivity index (χ1v) is 4.64. The number of piperidine rings is 3. The fourth-order valence-electron chi connectivity index (χ4n) is 3.19. The van der Waals surface area contributed by atoms with E-state index in [1.807, 2.05) is 0 Å². The molecule has 4 fully saturated rings. The number of rotatable bonds is 0. The molecule has 0 N–H and O–H groups in total. The number of likely N-dealkylation sites (N-methyl/N-ethyl adjacent to an activating group) is 1. The van der Waals surface area contributed by atoms with E-state index in [1.54, 1.807) is 0 Å². The fraction of sp³-hybridized carbons (Fsp3) is 1.00. The lowest BCUT2D eigenvalue weighted by Crippen LogP contribution is -2.18. The molecule has 0 aromatic heterocycles. The maximum absolute atomic E-state index is 3.77. The van der Waals surface area contributed by atoms with Gasteiger partial charge < -0.3 is 4.48 Å². The molecule has 0 amide bonds. The quantitative estimate of drug-likeness (QED) is 0.302. The SMILES string of the molecule is C[N+]12CC3CC1C2C3Br. The number of alkyl halides is 1. The highest BCUT2D eigenvalue weighted by atomic mass is 79.9. The molecule has 1 saturated carbocycles. The van der Waals surface area contributed by atoms with Crippen molar-refractivity contribution in [1.29, 1.82) is 0 Å². The van der Waals surface area contributed by atoms with E-state index in [4.69, 9.17) is 0 Å². The summed E-state index contributed by atoms with van der Waals surface area (Å²) < 4.78 is 1.42. The normalized spacial score (nSPS) is 75.3. The van der Waals surface area contributed by atoms with Gasteiger partial charge in [-0.25, -0.2) is 0 Å². The van der Waals surface area contributed by atoms with Gasteiger partial charge in [0, 0.05) is 12.3 Å². The van der Waals surface area contributed by atoms with Crippen molar-refractivity contribution in [2.45, 2.75) is 23.3 Å². The molecule has 2 heteroatoms. The number of quaternary nitrogens is 1. The van der Waals surface area contributed by atoms with Crippen molar-refractivity contribution >= 4 is 15.9 Å². The predicted molar refractivity (Wildman–Crippen MR) is 39.4 cm³/mol. The molecule has 0 aromatic carbocycles. The van der Waals surface area contributed by atoms with Gasteiger partial charge >= 0.3 is 0 Å². The average molecular weight is 189 g/mol. The van der Waals surface area contributed by atoms with Gasteiger partial charge in [-0.05, 0) is 0 Å². The highest BCUT2D eigenvalue weighted by Gasteiger charge is 2.79. The smallest absolute Gasteiger partial charge is 0.155 e. The van der Waals surface area contributed by atoms with Crippen molar-refractivity contribution in [1.82, 2.24) is 0 Å². The van der Waals surface area contributed by atoms with Gasteiger partial charge in [0.05, 0.1) is 18.4 Å². The van der Waals surface area contributed by atoms with Gasteiger partial charge in [0.15, 0.2) is 6.04 Å². The largest absolute Gasteiger partial charge is 0.310 e. The third-order valence-corrected chi connectivity index (χ3v) is 4.98. The van der Waals surface area contributed by atoms with Crippen LogP contribution in [0.25, 0.3) is 0 Å². The van der Waals surface area contributed by atoms with Gasteiger partial charge in [-0.1, -0.05) is 15.9 Å². The van der Waals surface area contributed by atoms with Gasteiger partial charge in [-0.2, -0.15) is 0 Å². The zero-order valence-corrected chi connectivity index (χ0v) is 7.13. The van der Waals surface area contributed by atoms with Crippen LogP contribution in [0.3, 0.4) is 0 Å². The standard InChI is InChI=1S/C7H11BrN/c1-9-3-4-2-5(9)7(9)6(4)8/h4-7H,2-3H2,1H3/q+1. The Kier molecular flexibility index (Phi) is 0.638. The van der Waals surface area contributed by atoms with E-state index in [0.717, 1.165) is 22.8 Å². The predicted octanol–water partition coefficient (Wildman–Crippen LogP) is 0.981. The molecule has 3 aliphatic heterocycles. The average Bonchev–Trinajstić information content (AvgIpc) is 2.21. The van der Waals surface area contributed by atoms with Crippen LogP contribution in [0.2, 0.25) is 0 Å². The summed E-state index contributed by atoms with van der Waals surface area (Å²) in [6, 6.07) is 2.09. The molecule has 9 heavy (non-hydrogen) atoms. The molecule has 0 aromatic rings. The second-order valence-corrected chi connectivity index (χ2v) is 5.08. The Bertz CT molecular complexity index is 180. The number of halogens is 1. The first-order valence-electron chi connectivity index (χ1n) is 3.72. The minimum atomic E-state index is 0.882. The molecule has 5 atom stereocenters. The lowest BCUT2D eigenvalue weighted by atomic mass is 10.1. The summed E-state index contributed by atoms with van der Waals surface area (Å²) in [6.45, 7) is 1.46. The molecule has 3 heterocycles. The lowest BCUT2D eigenvalue weighted by molar-refractivity contribution is -0.787. The Labute approximate surface area is 63.7 Å². The highest BCUT2D eigenvalue weighted by molar-refractivity contribution is 9.09. The number of hydrogen-bond acceptors (Lipinski definition) is 0. The maximum atomic E-state index is 3.77. The van der Waals surface area contributed by atoms with Gasteiger partial charge in [-0.15, -0.1) is 0 Å². The van der Waals surface area contributed by atoms with E-state index in [0.29, 0.717) is 0 Å². The van der Waals surface area contributed by atoms with Crippen LogP contribution in [0.5, 0.6) is 0 Å². The zero-order chi connectivity index (χ0) is 6.22. The maximum Gasteiger partial charge on any atom is 0.155 e. The second kappa shape index (κ2) is 1.12. The van der Waals surface area contributed by atoms with Crippen molar-refractivity contribution in [2.75, 3.05) is 13.6 Å². The molecule has 5 unspecified atom stereocenters. The Morgan fingerprint density at radius 3 is 2.44 bits per heavy atom. The van der Waals surface area contributed by atoms with Crippen LogP contribution >= 0.6 is 15.9 Å². The van der Waals surface area contributed by atoms with Gasteiger partial charge in [0.1, 0.15) is 6.04 Å². The fourth-order valence-corrected chi connectivity index (χ4v) is 4.46. The summed E-state index contributed by atoms with van der Waals surface area (Å²) in [7, 11) is 2.41. The summed E-state index contributed by atoms with van der Waals surface area (Å²) in [5, 5.41) is 0. The van der Waals surface area contributed by atoms with Gasteiger partial charge in [0.2, 0.25) is 0 Å². The molecule has 0 spiro atoms.